The molecule has 2 aliphatic rings. The van der Waals surface area contributed by atoms with Crippen LogP contribution in [0.25, 0.3) is 4.96 Å². The van der Waals surface area contributed by atoms with E-state index in [1.54, 1.807) is 0 Å². The Labute approximate surface area is 175 Å². The Morgan fingerprint density at radius 2 is 1.97 bits per heavy atom. The first-order valence-corrected chi connectivity index (χ1v) is 11.0. The van der Waals surface area contributed by atoms with Crippen LogP contribution in [0.2, 0.25) is 0 Å². The van der Waals surface area contributed by atoms with E-state index in [1.165, 1.54) is 34.1 Å². The number of rotatable bonds is 4. The van der Waals surface area contributed by atoms with Crippen molar-refractivity contribution in [3.05, 3.63) is 57.5 Å². The van der Waals surface area contributed by atoms with Gasteiger partial charge >= 0.3 is 0 Å². The summed E-state index contributed by atoms with van der Waals surface area (Å²) in [7, 11) is 0. The van der Waals surface area contributed by atoms with Gasteiger partial charge in [0.15, 0.2) is 0 Å². The van der Waals surface area contributed by atoms with Crippen LogP contribution in [0, 0.1) is 11.6 Å². The molecular formula is C21H22F2N4O2S. The Bertz CT molecular complexity index is 1160. The smallest absolute Gasteiger partial charge is 0.275 e. The molecule has 0 radical (unpaired) electrons. The van der Waals surface area contributed by atoms with E-state index in [0.717, 1.165) is 29.7 Å². The van der Waals surface area contributed by atoms with E-state index < -0.39 is 17.2 Å². The minimum atomic E-state index is -1.05. The molecule has 0 aliphatic carbocycles. The number of anilines is 1. The fraction of sp³-hybridized carbons (Fsp3) is 0.476. The van der Waals surface area contributed by atoms with Crippen LogP contribution in [0.3, 0.4) is 0 Å². The first kappa shape index (κ1) is 19.6. The molecule has 4 heterocycles. The quantitative estimate of drug-likeness (QED) is 0.686. The van der Waals surface area contributed by atoms with Gasteiger partial charge in [0.05, 0.1) is 5.60 Å². The van der Waals surface area contributed by atoms with Crippen LogP contribution in [-0.4, -0.2) is 37.4 Å². The van der Waals surface area contributed by atoms with Crippen LogP contribution in [0.5, 0.6) is 0 Å². The Hall–Kier alpha value is -2.39. The van der Waals surface area contributed by atoms with Crippen molar-refractivity contribution >= 4 is 21.4 Å². The summed E-state index contributed by atoms with van der Waals surface area (Å²) in [6.07, 6.45) is 3.58. The lowest BCUT2D eigenvalue weighted by molar-refractivity contribution is 0.00139. The molecule has 9 heteroatoms. The lowest BCUT2D eigenvalue weighted by Gasteiger charge is -2.43. The summed E-state index contributed by atoms with van der Waals surface area (Å²) in [4.78, 5) is 19.6. The highest BCUT2D eigenvalue weighted by molar-refractivity contribution is 7.20. The summed E-state index contributed by atoms with van der Waals surface area (Å²) in [5, 5.41) is 16.5. The predicted octanol–water partition coefficient (Wildman–Crippen LogP) is 3.10. The second kappa shape index (κ2) is 7.09. The van der Waals surface area contributed by atoms with Crippen molar-refractivity contribution in [1.82, 2.24) is 14.6 Å². The Morgan fingerprint density at radius 3 is 2.63 bits per heavy atom. The van der Waals surface area contributed by atoms with E-state index in [4.69, 9.17) is 0 Å². The van der Waals surface area contributed by atoms with Gasteiger partial charge in [-0.25, -0.2) is 13.8 Å². The predicted molar refractivity (Wildman–Crippen MR) is 110 cm³/mol. The van der Waals surface area contributed by atoms with Crippen LogP contribution in [-0.2, 0) is 12.8 Å². The molecule has 0 spiro atoms. The number of hydrogen-bond donors (Lipinski definition) is 1. The van der Waals surface area contributed by atoms with Gasteiger partial charge in [-0.3, -0.25) is 4.79 Å². The number of halogens is 2. The fourth-order valence-corrected chi connectivity index (χ4v) is 6.00. The van der Waals surface area contributed by atoms with E-state index in [1.807, 2.05) is 6.92 Å². The SMILES string of the molecule is CCc1cc(=O)n2nc(N3C4CCC3CC(O)(Cc3ccc(F)cc3F)C4)sc2n1. The van der Waals surface area contributed by atoms with Crippen molar-refractivity contribution in [3.8, 4) is 0 Å². The number of piperidine rings is 1. The summed E-state index contributed by atoms with van der Waals surface area (Å²) in [5.74, 6) is -1.24. The van der Waals surface area contributed by atoms with Crippen LogP contribution in [0.4, 0.5) is 13.9 Å². The van der Waals surface area contributed by atoms with Gasteiger partial charge in [-0.2, -0.15) is 4.52 Å². The van der Waals surface area contributed by atoms with Crippen molar-refractivity contribution in [2.75, 3.05) is 4.90 Å². The molecule has 2 unspecified atom stereocenters. The molecule has 2 atom stereocenters. The van der Waals surface area contributed by atoms with Gasteiger partial charge in [0.1, 0.15) is 11.6 Å². The number of hydrogen-bond acceptors (Lipinski definition) is 6. The molecule has 2 aromatic heterocycles. The zero-order chi connectivity index (χ0) is 21.0. The van der Waals surface area contributed by atoms with Gasteiger partial charge in [-0.15, -0.1) is 5.10 Å². The van der Waals surface area contributed by atoms with E-state index in [9.17, 15) is 18.7 Å². The maximum Gasteiger partial charge on any atom is 0.275 e. The summed E-state index contributed by atoms with van der Waals surface area (Å²) in [5.41, 5.74) is -0.170. The second-order valence-corrected chi connectivity index (χ2v) is 9.29. The standard InChI is InChI=1S/C21H22F2N4O2S/c1-2-14-8-18(28)27-19(24-14)30-20(25-27)26-15-5-6-16(26)11-21(29,10-15)9-12-3-4-13(22)7-17(12)23/h3-4,7-8,15-16,29H,2,5-6,9-11H2,1H3. The molecule has 1 aromatic carbocycles. The van der Waals surface area contributed by atoms with Crippen LogP contribution >= 0.6 is 11.3 Å². The lowest BCUT2D eigenvalue weighted by atomic mass is 9.81. The molecule has 2 aliphatic heterocycles. The Morgan fingerprint density at radius 1 is 1.23 bits per heavy atom. The summed E-state index contributed by atoms with van der Waals surface area (Å²) in [6, 6.07) is 5.12. The molecule has 0 amide bonds. The van der Waals surface area contributed by atoms with Crippen LogP contribution in [0.1, 0.15) is 43.9 Å². The third kappa shape index (κ3) is 3.30. The molecule has 2 bridgehead atoms. The van der Waals surface area contributed by atoms with Gasteiger partial charge in [0.2, 0.25) is 10.1 Å². The minimum absolute atomic E-state index is 0.0548. The maximum absolute atomic E-state index is 14.1. The number of aryl methyl sites for hydroxylation is 1. The molecule has 2 saturated heterocycles. The number of benzene rings is 1. The first-order valence-electron chi connectivity index (χ1n) is 10.2. The number of aliphatic hydroxyl groups is 1. The topological polar surface area (TPSA) is 70.7 Å². The highest BCUT2D eigenvalue weighted by Crippen LogP contribution is 2.45. The monoisotopic (exact) mass is 432 g/mol. The number of aromatic nitrogens is 3. The van der Waals surface area contributed by atoms with E-state index in [-0.39, 0.29) is 24.1 Å². The van der Waals surface area contributed by atoms with Gasteiger partial charge in [-0.05, 0) is 43.7 Å². The molecule has 0 saturated carbocycles. The highest BCUT2D eigenvalue weighted by Gasteiger charge is 2.48. The third-order valence-electron chi connectivity index (χ3n) is 6.26. The van der Waals surface area contributed by atoms with Gasteiger partial charge in [0, 0.05) is 36.3 Å². The molecule has 6 nitrogen and oxygen atoms in total. The fourth-order valence-electron chi connectivity index (χ4n) is 4.93. The average Bonchev–Trinajstić information content (AvgIpc) is 3.23. The van der Waals surface area contributed by atoms with Crippen LogP contribution in [0.15, 0.2) is 29.1 Å². The van der Waals surface area contributed by atoms with Crippen molar-refractivity contribution in [1.29, 1.82) is 0 Å². The Balaban J connectivity index is 1.42. The molecular weight excluding hydrogens is 410 g/mol. The van der Waals surface area contributed by atoms with Crippen LogP contribution < -0.4 is 10.5 Å². The zero-order valence-electron chi connectivity index (χ0n) is 16.5. The second-order valence-electron chi connectivity index (χ2n) is 8.36. The lowest BCUT2D eigenvalue weighted by Crippen LogP contribution is -2.52. The normalized spacial score (nSPS) is 25.9. The largest absolute Gasteiger partial charge is 0.389 e. The molecule has 30 heavy (non-hydrogen) atoms. The van der Waals surface area contributed by atoms with E-state index in [0.29, 0.717) is 29.8 Å². The van der Waals surface area contributed by atoms with Crippen molar-refractivity contribution in [3.63, 3.8) is 0 Å². The molecule has 1 N–H and O–H groups in total. The van der Waals surface area contributed by atoms with E-state index in [2.05, 4.69) is 15.0 Å². The van der Waals surface area contributed by atoms with Gasteiger partial charge < -0.3 is 10.0 Å². The number of fused-ring (bicyclic) bond motifs is 3. The first-order chi connectivity index (χ1) is 14.3. The van der Waals surface area contributed by atoms with E-state index >= 15 is 0 Å². The molecule has 3 aromatic rings. The minimum Gasteiger partial charge on any atom is -0.389 e. The van der Waals surface area contributed by atoms with Crippen molar-refractivity contribution in [2.24, 2.45) is 0 Å². The molecule has 5 rings (SSSR count). The number of nitrogens with zero attached hydrogens (tertiary/aromatic N) is 4. The van der Waals surface area contributed by atoms with Crippen molar-refractivity contribution in [2.45, 2.75) is 63.1 Å². The van der Waals surface area contributed by atoms with Gasteiger partial charge in [-0.1, -0.05) is 24.3 Å². The summed E-state index contributed by atoms with van der Waals surface area (Å²) >= 11 is 1.39. The summed E-state index contributed by atoms with van der Waals surface area (Å²) < 4.78 is 28.7. The zero-order valence-corrected chi connectivity index (χ0v) is 17.3. The maximum atomic E-state index is 14.1. The molecule has 2 fully saturated rings. The Kier molecular flexibility index (Phi) is 4.62. The molecule has 158 valence electrons. The van der Waals surface area contributed by atoms with Gasteiger partial charge in [0.25, 0.3) is 5.56 Å². The summed E-state index contributed by atoms with van der Waals surface area (Å²) in [6.45, 7) is 1.95. The highest BCUT2D eigenvalue weighted by atomic mass is 32.1. The average molecular weight is 432 g/mol. The third-order valence-corrected chi connectivity index (χ3v) is 7.18. The van der Waals surface area contributed by atoms with Crippen molar-refractivity contribution < 1.29 is 13.9 Å².